The molecule has 1 amide bonds. The Morgan fingerprint density at radius 2 is 1.65 bits per heavy atom. The van der Waals surface area contributed by atoms with Gasteiger partial charge in [-0.2, -0.15) is 13.2 Å². The fourth-order valence-corrected chi connectivity index (χ4v) is 2.25. The van der Waals surface area contributed by atoms with Crippen LogP contribution in [-0.4, -0.2) is 5.91 Å². The number of halogens is 6. The van der Waals surface area contributed by atoms with E-state index in [0.717, 1.165) is 24.3 Å². The second-order valence-electron chi connectivity index (χ2n) is 4.62. The third kappa shape index (κ3) is 4.36. The smallest absolute Gasteiger partial charge is 0.348 e. The second kappa shape index (κ2) is 6.76. The van der Waals surface area contributed by atoms with Gasteiger partial charge in [-0.3, -0.25) is 4.79 Å². The average Bonchev–Trinajstić information content (AvgIpc) is 2.48. The molecule has 0 aliphatic rings. The maximum Gasteiger partial charge on any atom is 0.416 e. The number of alkyl halides is 3. The molecule has 0 atom stereocenters. The largest absolute Gasteiger partial charge is 0.416 e. The lowest BCUT2D eigenvalue weighted by molar-refractivity contribution is -0.137. The van der Waals surface area contributed by atoms with Crippen LogP contribution in [0, 0.1) is 5.82 Å². The molecular formula is C15H9Cl2F4NO. The lowest BCUT2D eigenvalue weighted by Gasteiger charge is -2.09. The highest BCUT2D eigenvalue weighted by Gasteiger charge is 2.29. The van der Waals surface area contributed by atoms with Gasteiger partial charge in [0.2, 0.25) is 0 Å². The third-order valence-electron chi connectivity index (χ3n) is 2.99. The maximum absolute atomic E-state index is 13.4. The first kappa shape index (κ1) is 17.6. The van der Waals surface area contributed by atoms with E-state index in [9.17, 15) is 22.4 Å². The molecule has 0 aromatic heterocycles. The third-order valence-corrected chi connectivity index (χ3v) is 3.59. The van der Waals surface area contributed by atoms with E-state index < -0.39 is 23.5 Å². The molecule has 2 nitrogen and oxygen atoms in total. The van der Waals surface area contributed by atoms with E-state index in [1.54, 1.807) is 0 Å². The van der Waals surface area contributed by atoms with Crippen molar-refractivity contribution in [3.8, 4) is 0 Å². The fraction of sp³-hybridized carbons (Fsp3) is 0.133. The minimum absolute atomic E-state index is 0.0266. The van der Waals surface area contributed by atoms with Gasteiger partial charge in [-0.05, 0) is 29.8 Å². The molecule has 0 aliphatic carbocycles. The molecule has 2 rings (SSSR count). The van der Waals surface area contributed by atoms with E-state index in [1.165, 1.54) is 12.1 Å². The SMILES string of the molecule is O=C(NCc1ccc(C(F)(F)F)cc1)c1cc(F)c(Cl)cc1Cl. The standard InChI is InChI=1S/C15H9Cl2F4NO/c16-11-6-12(17)13(18)5-10(11)14(23)22-7-8-1-3-9(4-2-8)15(19,20)21/h1-6H,7H2,(H,22,23). The molecule has 1 N–H and O–H groups in total. The molecule has 0 radical (unpaired) electrons. The minimum Gasteiger partial charge on any atom is -0.348 e. The maximum atomic E-state index is 13.4. The van der Waals surface area contributed by atoms with Crippen LogP contribution in [0.1, 0.15) is 21.5 Å². The zero-order chi connectivity index (χ0) is 17.2. The van der Waals surface area contributed by atoms with Crippen molar-refractivity contribution in [3.63, 3.8) is 0 Å². The number of hydrogen-bond donors (Lipinski definition) is 1. The Kier molecular flexibility index (Phi) is 5.16. The van der Waals surface area contributed by atoms with E-state index in [2.05, 4.69) is 5.32 Å². The Morgan fingerprint density at radius 3 is 2.22 bits per heavy atom. The van der Waals surface area contributed by atoms with E-state index in [4.69, 9.17) is 23.2 Å². The van der Waals surface area contributed by atoms with Crippen LogP contribution >= 0.6 is 23.2 Å². The number of benzene rings is 2. The Hall–Kier alpha value is -1.79. The molecule has 0 saturated carbocycles. The zero-order valence-corrected chi connectivity index (χ0v) is 12.9. The summed E-state index contributed by atoms with van der Waals surface area (Å²) in [4.78, 5) is 11.9. The van der Waals surface area contributed by atoms with Gasteiger partial charge < -0.3 is 5.32 Å². The highest BCUT2D eigenvalue weighted by molar-refractivity contribution is 6.36. The lowest BCUT2D eigenvalue weighted by atomic mass is 10.1. The molecule has 2 aromatic rings. The Bertz CT molecular complexity index is 729. The molecule has 2 aromatic carbocycles. The molecule has 23 heavy (non-hydrogen) atoms. The van der Waals surface area contributed by atoms with Gasteiger partial charge >= 0.3 is 6.18 Å². The van der Waals surface area contributed by atoms with Crippen molar-refractivity contribution in [2.45, 2.75) is 12.7 Å². The van der Waals surface area contributed by atoms with Gasteiger partial charge in [-0.25, -0.2) is 4.39 Å². The summed E-state index contributed by atoms with van der Waals surface area (Å²) in [6.45, 7) is -0.0302. The average molecular weight is 366 g/mol. The molecule has 0 bridgehead atoms. The van der Waals surface area contributed by atoms with Crippen LogP contribution in [0.15, 0.2) is 36.4 Å². The fourth-order valence-electron chi connectivity index (χ4n) is 1.79. The Morgan fingerprint density at radius 1 is 1.04 bits per heavy atom. The summed E-state index contributed by atoms with van der Waals surface area (Å²) in [6, 6.07) is 6.31. The molecule has 0 fully saturated rings. The summed E-state index contributed by atoms with van der Waals surface area (Å²) in [5.41, 5.74) is -0.437. The molecule has 0 heterocycles. The van der Waals surface area contributed by atoms with Crippen molar-refractivity contribution < 1.29 is 22.4 Å². The van der Waals surface area contributed by atoms with Crippen LogP contribution in [0.3, 0.4) is 0 Å². The normalized spacial score (nSPS) is 11.4. The van der Waals surface area contributed by atoms with E-state index in [-0.39, 0.29) is 22.2 Å². The molecule has 0 spiro atoms. The number of nitrogens with one attached hydrogen (secondary N) is 1. The lowest BCUT2D eigenvalue weighted by Crippen LogP contribution is -2.23. The van der Waals surface area contributed by atoms with Crippen LogP contribution in [0.2, 0.25) is 10.0 Å². The quantitative estimate of drug-likeness (QED) is 0.596. The van der Waals surface area contributed by atoms with Crippen molar-refractivity contribution in [3.05, 3.63) is 69.0 Å². The summed E-state index contributed by atoms with van der Waals surface area (Å²) >= 11 is 11.3. The first-order chi connectivity index (χ1) is 10.7. The summed E-state index contributed by atoms with van der Waals surface area (Å²) < 4.78 is 50.7. The Balaban J connectivity index is 2.06. The topological polar surface area (TPSA) is 29.1 Å². The predicted molar refractivity (Wildman–Crippen MR) is 79.0 cm³/mol. The first-order valence-electron chi connectivity index (χ1n) is 6.27. The number of hydrogen-bond acceptors (Lipinski definition) is 1. The highest BCUT2D eigenvalue weighted by Crippen LogP contribution is 2.29. The zero-order valence-electron chi connectivity index (χ0n) is 11.3. The van der Waals surface area contributed by atoms with Gasteiger partial charge in [0.05, 0.1) is 21.2 Å². The number of rotatable bonds is 3. The summed E-state index contributed by atoms with van der Waals surface area (Å²) in [6.07, 6.45) is -4.42. The number of amides is 1. The van der Waals surface area contributed by atoms with Gasteiger partial charge in [0.25, 0.3) is 5.91 Å². The number of carbonyl (C=O) groups excluding carboxylic acids is 1. The van der Waals surface area contributed by atoms with Gasteiger partial charge in [-0.15, -0.1) is 0 Å². The van der Waals surface area contributed by atoms with Gasteiger partial charge in [0.1, 0.15) is 5.82 Å². The van der Waals surface area contributed by atoms with Crippen LogP contribution in [-0.2, 0) is 12.7 Å². The van der Waals surface area contributed by atoms with Crippen LogP contribution in [0.4, 0.5) is 17.6 Å². The molecule has 8 heteroatoms. The van der Waals surface area contributed by atoms with Crippen molar-refractivity contribution in [2.24, 2.45) is 0 Å². The highest BCUT2D eigenvalue weighted by atomic mass is 35.5. The minimum atomic E-state index is -4.42. The summed E-state index contributed by atoms with van der Waals surface area (Å²) in [5.74, 6) is -1.46. The van der Waals surface area contributed by atoms with E-state index in [1.807, 2.05) is 0 Å². The summed E-state index contributed by atoms with van der Waals surface area (Å²) in [5, 5.41) is 2.21. The molecule has 0 unspecified atom stereocenters. The Labute approximate surface area is 139 Å². The van der Waals surface area contributed by atoms with E-state index >= 15 is 0 Å². The monoisotopic (exact) mass is 365 g/mol. The van der Waals surface area contributed by atoms with Gasteiger partial charge in [0.15, 0.2) is 0 Å². The van der Waals surface area contributed by atoms with Crippen LogP contribution in [0.5, 0.6) is 0 Å². The van der Waals surface area contributed by atoms with Crippen molar-refractivity contribution in [2.75, 3.05) is 0 Å². The first-order valence-corrected chi connectivity index (χ1v) is 7.03. The molecule has 0 saturated heterocycles. The molecular weight excluding hydrogens is 357 g/mol. The van der Waals surface area contributed by atoms with Gasteiger partial charge in [-0.1, -0.05) is 35.3 Å². The van der Waals surface area contributed by atoms with Crippen molar-refractivity contribution in [1.29, 1.82) is 0 Å². The van der Waals surface area contributed by atoms with Crippen molar-refractivity contribution >= 4 is 29.1 Å². The van der Waals surface area contributed by atoms with Crippen LogP contribution in [0.25, 0.3) is 0 Å². The molecule has 0 aliphatic heterocycles. The predicted octanol–water partition coefficient (Wildman–Crippen LogP) is 5.08. The summed E-state index contributed by atoms with van der Waals surface area (Å²) in [7, 11) is 0. The van der Waals surface area contributed by atoms with Crippen molar-refractivity contribution in [1.82, 2.24) is 5.32 Å². The second-order valence-corrected chi connectivity index (χ2v) is 5.44. The molecule has 122 valence electrons. The van der Waals surface area contributed by atoms with Crippen LogP contribution < -0.4 is 5.32 Å². The van der Waals surface area contributed by atoms with Gasteiger partial charge in [0, 0.05) is 6.54 Å². The number of carbonyl (C=O) groups is 1. The van der Waals surface area contributed by atoms with E-state index in [0.29, 0.717) is 5.56 Å².